The Morgan fingerprint density at radius 1 is 1.19 bits per heavy atom. The van der Waals surface area contributed by atoms with E-state index in [2.05, 4.69) is 20.8 Å². The summed E-state index contributed by atoms with van der Waals surface area (Å²) in [7, 11) is 1.60. The smallest absolute Gasteiger partial charge is 0.271 e. The number of ether oxygens (including phenoxy) is 1. The number of methoxy groups -OCH3 is 1. The highest BCUT2D eigenvalue weighted by molar-refractivity contribution is 5.92. The van der Waals surface area contributed by atoms with Crippen molar-refractivity contribution in [3.8, 4) is 5.75 Å². The van der Waals surface area contributed by atoms with E-state index in [9.17, 15) is 4.79 Å². The molecule has 2 rings (SSSR count). The Morgan fingerprint density at radius 3 is 2.67 bits per heavy atom. The second kappa shape index (κ2) is 7.23. The second-order valence-corrected chi connectivity index (χ2v) is 4.38. The van der Waals surface area contributed by atoms with Crippen LogP contribution in [-0.2, 0) is 0 Å². The SMILES string of the molecule is CCCNC(=O)c1ccc(Nc2ccccc2OC)nn1. The van der Waals surface area contributed by atoms with Gasteiger partial charge >= 0.3 is 0 Å². The lowest BCUT2D eigenvalue weighted by molar-refractivity contribution is 0.0947. The number of para-hydroxylation sites is 2. The fourth-order valence-electron chi connectivity index (χ4n) is 1.74. The topological polar surface area (TPSA) is 76.1 Å². The quantitative estimate of drug-likeness (QED) is 0.852. The van der Waals surface area contributed by atoms with Gasteiger partial charge in [0.2, 0.25) is 0 Å². The molecule has 1 aromatic heterocycles. The van der Waals surface area contributed by atoms with Crippen LogP contribution in [0.15, 0.2) is 36.4 Å². The van der Waals surface area contributed by atoms with Gasteiger partial charge in [0, 0.05) is 6.54 Å². The third-order valence-electron chi connectivity index (χ3n) is 2.80. The largest absolute Gasteiger partial charge is 0.495 e. The van der Waals surface area contributed by atoms with E-state index in [0.29, 0.717) is 23.8 Å². The van der Waals surface area contributed by atoms with Gasteiger partial charge in [-0.3, -0.25) is 4.79 Å². The van der Waals surface area contributed by atoms with Crippen molar-refractivity contribution in [2.45, 2.75) is 13.3 Å². The molecule has 1 heterocycles. The summed E-state index contributed by atoms with van der Waals surface area (Å²) in [4.78, 5) is 11.7. The van der Waals surface area contributed by atoms with Gasteiger partial charge in [0.15, 0.2) is 11.5 Å². The van der Waals surface area contributed by atoms with Crippen LogP contribution >= 0.6 is 0 Å². The van der Waals surface area contributed by atoms with Crippen molar-refractivity contribution in [3.05, 3.63) is 42.1 Å². The van der Waals surface area contributed by atoms with Gasteiger partial charge in [-0.15, -0.1) is 10.2 Å². The Kier molecular flexibility index (Phi) is 5.09. The molecule has 0 radical (unpaired) electrons. The number of amides is 1. The molecule has 0 saturated heterocycles. The predicted molar refractivity (Wildman–Crippen MR) is 80.9 cm³/mol. The number of nitrogens with one attached hydrogen (secondary N) is 2. The molecule has 0 saturated carbocycles. The van der Waals surface area contributed by atoms with Crippen LogP contribution < -0.4 is 15.4 Å². The Bertz CT molecular complexity index is 599. The van der Waals surface area contributed by atoms with E-state index in [0.717, 1.165) is 12.1 Å². The molecule has 0 bridgehead atoms. The number of nitrogens with zero attached hydrogens (tertiary/aromatic N) is 2. The molecular formula is C15H18N4O2. The van der Waals surface area contributed by atoms with Gasteiger partial charge in [-0.05, 0) is 30.7 Å². The number of aromatic nitrogens is 2. The minimum absolute atomic E-state index is 0.215. The molecule has 1 amide bonds. The first-order chi connectivity index (χ1) is 10.2. The monoisotopic (exact) mass is 286 g/mol. The van der Waals surface area contributed by atoms with E-state index in [1.54, 1.807) is 19.2 Å². The number of carbonyl (C=O) groups excluding carboxylic acids is 1. The highest BCUT2D eigenvalue weighted by Gasteiger charge is 2.08. The standard InChI is InChI=1S/C15H18N4O2/c1-3-10-16-15(20)12-8-9-14(19-18-12)17-11-6-4-5-7-13(11)21-2/h4-9H,3,10H2,1-2H3,(H,16,20)(H,17,19). The van der Waals surface area contributed by atoms with Gasteiger partial charge in [-0.1, -0.05) is 19.1 Å². The van der Waals surface area contributed by atoms with Crippen molar-refractivity contribution in [2.24, 2.45) is 0 Å². The van der Waals surface area contributed by atoms with Crippen molar-refractivity contribution >= 4 is 17.4 Å². The maximum Gasteiger partial charge on any atom is 0.271 e. The first-order valence-corrected chi connectivity index (χ1v) is 6.76. The molecule has 0 aliphatic carbocycles. The molecular weight excluding hydrogens is 268 g/mol. The van der Waals surface area contributed by atoms with Crippen LogP contribution in [0, 0.1) is 0 Å². The van der Waals surface area contributed by atoms with Crippen molar-refractivity contribution in [3.63, 3.8) is 0 Å². The molecule has 2 aromatic rings. The summed E-state index contributed by atoms with van der Waals surface area (Å²) in [5.41, 5.74) is 1.09. The zero-order chi connectivity index (χ0) is 15.1. The van der Waals surface area contributed by atoms with E-state index in [4.69, 9.17) is 4.74 Å². The van der Waals surface area contributed by atoms with Crippen LogP contribution in [0.4, 0.5) is 11.5 Å². The Hall–Kier alpha value is -2.63. The molecule has 0 aliphatic rings. The van der Waals surface area contributed by atoms with Crippen molar-refractivity contribution in [1.29, 1.82) is 0 Å². The van der Waals surface area contributed by atoms with Gasteiger partial charge in [0.1, 0.15) is 5.75 Å². The molecule has 1 aromatic carbocycles. The molecule has 6 nitrogen and oxygen atoms in total. The summed E-state index contributed by atoms with van der Waals surface area (Å²) < 4.78 is 5.25. The van der Waals surface area contributed by atoms with Gasteiger partial charge in [0.25, 0.3) is 5.91 Å². The highest BCUT2D eigenvalue weighted by atomic mass is 16.5. The Morgan fingerprint density at radius 2 is 2.00 bits per heavy atom. The molecule has 0 spiro atoms. The van der Waals surface area contributed by atoms with Crippen molar-refractivity contribution in [2.75, 3.05) is 19.0 Å². The van der Waals surface area contributed by atoms with Gasteiger partial charge in [-0.2, -0.15) is 0 Å². The van der Waals surface area contributed by atoms with Crippen LogP contribution in [0.2, 0.25) is 0 Å². The van der Waals surface area contributed by atoms with Crippen LogP contribution in [0.3, 0.4) is 0 Å². The fourth-order valence-corrected chi connectivity index (χ4v) is 1.74. The third-order valence-corrected chi connectivity index (χ3v) is 2.80. The first kappa shape index (κ1) is 14.8. The van der Waals surface area contributed by atoms with Crippen LogP contribution in [0.25, 0.3) is 0 Å². The molecule has 0 aliphatic heterocycles. The lowest BCUT2D eigenvalue weighted by Gasteiger charge is -2.09. The molecule has 6 heteroatoms. The number of benzene rings is 1. The highest BCUT2D eigenvalue weighted by Crippen LogP contribution is 2.25. The lowest BCUT2D eigenvalue weighted by Crippen LogP contribution is -2.25. The van der Waals surface area contributed by atoms with Gasteiger partial charge in [-0.25, -0.2) is 0 Å². The van der Waals surface area contributed by atoms with Gasteiger partial charge in [0.05, 0.1) is 12.8 Å². The molecule has 110 valence electrons. The number of hydrogen-bond donors (Lipinski definition) is 2. The molecule has 0 fully saturated rings. The third kappa shape index (κ3) is 3.92. The summed E-state index contributed by atoms with van der Waals surface area (Å²) in [5.74, 6) is 1.05. The van der Waals surface area contributed by atoms with E-state index >= 15 is 0 Å². The van der Waals surface area contributed by atoms with E-state index < -0.39 is 0 Å². The number of anilines is 2. The average molecular weight is 286 g/mol. The van der Waals surface area contributed by atoms with E-state index in [-0.39, 0.29) is 5.91 Å². The maximum atomic E-state index is 11.7. The zero-order valence-corrected chi connectivity index (χ0v) is 12.1. The summed E-state index contributed by atoms with van der Waals surface area (Å²) >= 11 is 0. The molecule has 2 N–H and O–H groups in total. The summed E-state index contributed by atoms with van der Waals surface area (Å²) in [6, 6.07) is 10.8. The van der Waals surface area contributed by atoms with Crippen LogP contribution in [0.5, 0.6) is 5.75 Å². The summed E-state index contributed by atoms with van der Waals surface area (Å²) in [6.45, 7) is 2.62. The number of hydrogen-bond acceptors (Lipinski definition) is 5. The molecule has 21 heavy (non-hydrogen) atoms. The van der Waals surface area contributed by atoms with Gasteiger partial charge < -0.3 is 15.4 Å². The summed E-state index contributed by atoms with van der Waals surface area (Å²) in [6.07, 6.45) is 0.882. The second-order valence-electron chi connectivity index (χ2n) is 4.38. The summed E-state index contributed by atoms with van der Waals surface area (Å²) in [5, 5.41) is 13.8. The lowest BCUT2D eigenvalue weighted by atomic mass is 10.3. The average Bonchev–Trinajstić information content (AvgIpc) is 2.54. The van der Waals surface area contributed by atoms with E-state index in [1.807, 2.05) is 31.2 Å². The maximum absolute atomic E-state index is 11.7. The zero-order valence-electron chi connectivity index (χ0n) is 12.1. The Labute approximate surface area is 123 Å². The predicted octanol–water partition coefficient (Wildman–Crippen LogP) is 2.37. The molecule has 0 atom stereocenters. The van der Waals surface area contributed by atoms with Crippen LogP contribution in [0.1, 0.15) is 23.8 Å². The fraction of sp³-hybridized carbons (Fsp3) is 0.267. The van der Waals surface area contributed by atoms with E-state index in [1.165, 1.54) is 0 Å². The number of rotatable bonds is 6. The first-order valence-electron chi connectivity index (χ1n) is 6.76. The normalized spacial score (nSPS) is 10.0. The number of carbonyl (C=O) groups is 1. The van der Waals surface area contributed by atoms with Crippen LogP contribution in [-0.4, -0.2) is 29.8 Å². The van der Waals surface area contributed by atoms with Crippen molar-refractivity contribution in [1.82, 2.24) is 15.5 Å². The minimum Gasteiger partial charge on any atom is -0.495 e. The van der Waals surface area contributed by atoms with Crippen molar-refractivity contribution < 1.29 is 9.53 Å². The Balaban J connectivity index is 2.07. The minimum atomic E-state index is -0.215. The molecule has 0 unspecified atom stereocenters.